The van der Waals surface area contributed by atoms with Crippen molar-refractivity contribution in [3.63, 3.8) is 0 Å². The normalized spacial score (nSPS) is 11.4. The number of aromatic carboxylic acids is 1. The highest BCUT2D eigenvalue weighted by Crippen LogP contribution is 2.42. The summed E-state index contributed by atoms with van der Waals surface area (Å²) in [7, 11) is 7.80. The molecular weight excluding hydrogens is 868 g/mol. The lowest BCUT2D eigenvalue weighted by molar-refractivity contribution is -0.374. The monoisotopic (exact) mass is 919 g/mol. The molecule has 16 nitrogen and oxygen atoms in total. The Hall–Kier alpha value is -5.65. The molecule has 0 atom stereocenters. The maximum Gasteiger partial charge on any atom is 0.430 e. The number of carbonyl (C=O) groups is 4. The zero-order chi connectivity index (χ0) is 48.0. The first-order valence-corrected chi connectivity index (χ1v) is 19.4. The number of fused-ring (bicyclic) bond motifs is 2. The molecule has 0 amide bonds. The summed E-state index contributed by atoms with van der Waals surface area (Å²) in [6, 6.07) is 16.5. The molecule has 0 unspecified atom stereocenters. The fraction of sp³-hybridized carbons (Fsp3) is 0.452. The van der Waals surface area contributed by atoms with Gasteiger partial charge in [-0.1, -0.05) is 6.07 Å². The predicted molar refractivity (Wildman–Crippen MR) is 214 cm³/mol. The second-order valence-corrected chi connectivity index (χ2v) is 13.7. The van der Waals surface area contributed by atoms with Crippen molar-refractivity contribution in [2.24, 2.45) is 0 Å². The van der Waals surface area contributed by atoms with Crippen LogP contribution in [-0.2, 0) is 33.3 Å². The molecule has 1 aliphatic carbocycles. The summed E-state index contributed by atoms with van der Waals surface area (Å²) in [6.45, 7) is 5.65. The number of quaternary nitrogens is 1. The molecule has 354 valence electrons. The Morgan fingerprint density at radius 3 is 1.66 bits per heavy atom. The van der Waals surface area contributed by atoms with E-state index < -0.39 is 30.3 Å². The van der Waals surface area contributed by atoms with Crippen LogP contribution >= 0.6 is 0 Å². The summed E-state index contributed by atoms with van der Waals surface area (Å²) in [6.07, 6.45) is -9.61. The van der Waals surface area contributed by atoms with E-state index in [1.165, 1.54) is 6.07 Å². The lowest BCUT2D eigenvalue weighted by Gasteiger charge is -2.19. The van der Waals surface area contributed by atoms with Gasteiger partial charge in [0, 0.05) is 67.0 Å². The highest BCUT2D eigenvalue weighted by molar-refractivity contribution is 6.09. The van der Waals surface area contributed by atoms with Gasteiger partial charge in [0.1, 0.15) is 37.4 Å². The molecule has 0 aromatic heterocycles. The number of nitrogens with zero attached hydrogens (tertiary/aromatic N) is 2. The van der Waals surface area contributed by atoms with Crippen molar-refractivity contribution in [1.82, 2.24) is 4.58 Å². The summed E-state index contributed by atoms with van der Waals surface area (Å²) >= 11 is 0. The highest BCUT2D eigenvalue weighted by Gasteiger charge is 2.29. The molecule has 1 aliphatic heterocycles. The SMILES string of the molecule is CN(C)c1ccc2c(-c3cc(C(=O)CCCOCCOCCOCCOCCOCC[NH3+])ccc3C(=O)O)c3ccc(=[N+](C)C)cc-3oc2c1.O=C([O-])C(F)(F)F.O=C([O-])C(F)(F)F. The van der Waals surface area contributed by atoms with Crippen molar-refractivity contribution >= 4 is 40.3 Å². The average Bonchev–Trinajstić information content (AvgIpc) is 3.22. The van der Waals surface area contributed by atoms with Gasteiger partial charge < -0.3 is 63.6 Å². The number of alkyl halides is 6. The summed E-state index contributed by atoms with van der Waals surface area (Å²) in [5.41, 5.74) is 7.75. The van der Waals surface area contributed by atoms with Crippen LogP contribution in [0.15, 0.2) is 59.0 Å². The molecule has 0 saturated carbocycles. The van der Waals surface area contributed by atoms with E-state index >= 15 is 0 Å². The Morgan fingerprint density at radius 2 is 1.20 bits per heavy atom. The molecule has 1 heterocycles. The van der Waals surface area contributed by atoms with Gasteiger partial charge in [-0.2, -0.15) is 26.3 Å². The first kappa shape index (κ1) is 54.5. The summed E-state index contributed by atoms with van der Waals surface area (Å²) in [5, 5.41) is 29.5. The number of carbonyl (C=O) groups excluding carboxylic acids is 3. The fourth-order valence-electron chi connectivity index (χ4n) is 5.39. The number of Topliss-reactive ketones (excluding diaryl/α,β-unsaturated/α-hetero) is 1. The summed E-state index contributed by atoms with van der Waals surface area (Å²) in [5.74, 6) is -6.56. The van der Waals surface area contributed by atoms with Gasteiger partial charge in [0.2, 0.25) is 5.36 Å². The minimum atomic E-state index is -5.19. The van der Waals surface area contributed by atoms with Crippen LogP contribution < -0.4 is 30.8 Å². The molecule has 2 aromatic rings. The minimum absolute atomic E-state index is 0.0889. The van der Waals surface area contributed by atoms with Crippen molar-refractivity contribution < 1.29 is 94.7 Å². The molecular formula is C42H51F6N3O13. The van der Waals surface area contributed by atoms with Gasteiger partial charge in [0.05, 0.1) is 77.6 Å². The molecule has 2 aliphatic rings. The maximum atomic E-state index is 13.3. The van der Waals surface area contributed by atoms with E-state index in [4.69, 9.17) is 47.9 Å². The molecule has 0 saturated heterocycles. The van der Waals surface area contributed by atoms with E-state index in [9.17, 15) is 41.0 Å². The number of ketones is 1. The minimum Gasteiger partial charge on any atom is -0.542 e. The van der Waals surface area contributed by atoms with Crippen LogP contribution in [0.3, 0.4) is 0 Å². The van der Waals surface area contributed by atoms with E-state index in [1.54, 1.807) is 12.1 Å². The van der Waals surface area contributed by atoms with Crippen LogP contribution in [-0.4, -0.2) is 142 Å². The first-order chi connectivity index (χ1) is 30.1. The standard InChI is InChI=1S/C38H49N3O9.2C2HF3O2/c1-40(2)28-8-11-31-35(25-28)50-36-26-29(41(3)4)9-12-32(36)37(31)33-24-27(7-10-30(33)38(43)44)34(42)6-5-14-45-16-18-47-20-22-49-23-21-48-19-17-46-15-13-39;2*3-2(4,5)1(6)7/h7-12,24-26H,5-6,13-23,39H2,1-4H3;2*(H,6,7). The van der Waals surface area contributed by atoms with Gasteiger partial charge in [-0.05, 0) is 42.3 Å². The lowest BCUT2D eigenvalue weighted by Crippen LogP contribution is -2.52. The molecule has 0 bridgehead atoms. The average molecular weight is 920 g/mol. The molecule has 0 fully saturated rings. The van der Waals surface area contributed by atoms with E-state index in [0.717, 1.165) is 28.5 Å². The molecule has 0 spiro atoms. The Labute approximate surface area is 363 Å². The lowest BCUT2D eigenvalue weighted by atomic mass is 9.88. The number of hydrogen-bond donors (Lipinski definition) is 2. The van der Waals surface area contributed by atoms with Crippen molar-refractivity contribution in [3.8, 4) is 22.5 Å². The number of carboxylic acids is 3. The zero-order valence-electron chi connectivity index (χ0n) is 35.6. The summed E-state index contributed by atoms with van der Waals surface area (Å²) in [4.78, 5) is 45.4. The van der Waals surface area contributed by atoms with Gasteiger partial charge >= 0.3 is 18.3 Å². The van der Waals surface area contributed by atoms with Crippen molar-refractivity contribution in [2.45, 2.75) is 25.2 Å². The molecule has 2 aromatic carbocycles. The number of anilines is 1. The number of aliphatic carboxylic acids is 2. The molecule has 0 radical (unpaired) electrons. The van der Waals surface area contributed by atoms with Crippen molar-refractivity contribution in [2.75, 3.05) is 106 Å². The Kier molecular flexibility index (Phi) is 22.9. The van der Waals surface area contributed by atoms with Crippen LogP contribution in [0.4, 0.5) is 32.0 Å². The molecule has 4 N–H and O–H groups in total. The quantitative estimate of drug-likeness (QED) is 0.0378. The Balaban J connectivity index is 0.000000866. The van der Waals surface area contributed by atoms with Gasteiger partial charge in [-0.3, -0.25) is 4.79 Å². The second-order valence-electron chi connectivity index (χ2n) is 13.7. The van der Waals surface area contributed by atoms with Crippen LogP contribution in [0.25, 0.3) is 33.4 Å². The Bertz CT molecular complexity index is 2150. The van der Waals surface area contributed by atoms with Crippen molar-refractivity contribution in [3.05, 3.63) is 71.1 Å². The summed E-state index contributed by atoms with van der Waals surface area (Å²) < 4.78 is 98.9. The molecule has 22 heteroatoms. The maximum absolute atomic E-state index is 13.3. The Morgan fingerprint density at radius 1 is 0.703 bits per heavy atom. The molecule has 64 heavy (non-hydrogen) atoms. The topological polar surface area (TPSA) is 228 Å². The number of hydrogen-bond acceptors (Lipinski definition) is 13. The third kappa shape index (κ3) is 18.6. The molecule has 4 rings (SSSR count). The van der Waals surface area contributed by atoms with Gasteiger partial charge in [0.15, 0.2) is 5.78 Å². The third-order valence-electron chi connectivity index (χ3n) is 8.50. The van der Waals surface area contributed by atoms with Gasteiger partial charge in [-0.15, -0.1) is 0 Å². The number of ether oxygens (including phenoxy) is 5. The number of carboxylic acid groups (broad SMARTS) is 3. The largest absolute Gasteiger partial charge is 0.542 e. The van der Waals surface area contributed by atoms with E-state index in [2.05, 4.69) is 5.73 Å². The first-order valence-electron chi connectivity index (χ1n) is 19.4. The second kappa shape index (κ2) is 26.9. The zero-order valence-corrected chi connectivity index (χ0v) is 35.6. The highest BCUT2D eigenvalue weighted by atomic mass is 19.4. The van der Waals surface area contributed by atoms with Crippen LogP contribution in [0.5, 0.6) is 0 Å². The number of benzene rings is 3. The van der Waals surface area contributed by atoms with E-state index in [-0.39, 0.29) is 17.8 Å². The van der Waals surface area contributed by atoms with Gasteiger partial charge in [0.25, 0.3) is 0 Å². The smallest absolute Gasteiger partial charge is 0.430 e. The van der Waals surface area contributed by atoms with E-state index in [0.29, 0.717) is 101 Å². The number of rotatable bonds is 22. The van der Waals surface area contributed by atoms with Crippen molar-refractivity contribution in [1.29, 1.82) is 0 Å². The third-order valence-corrected chi connectivity index (χ3v) is 8.50. The van der Waals surface area contributed by atoms with E-state index in [1.807, 2.05) is 74.1 Å². The predicted octanol–water partition coefficient (Wildman–Crippen LogP) is 1.89. The van der Waals surface area contributed by atoms with Gasteiger partial charge in [-0.25, -0.2) is 9.37 Å². The van der Waals surface area contributed by atoms with Crippen LogP contribution in [0.1, 0.15) is 33.6 Å². The van der Waals surface area contributed by atoms with Crippen LogP contribution in [0, 0.1) is 0 Å². The van der Waals surface area contributed by atoms with Crippen LogP contribution in [0.2, 0.25) is 0 Å². The fourth-order valence-corrected chi connectivity index (χ4v) is 5.39. The number of halogens is 6.